The average molecular weight is 318 g/mol. The highest BCUT2D eigenvalue weighted by Crippen LogP contribution is 2.00. The number of amides is 3. The Morgan fingerprint density at radius 2 is 1.59 bits per heavy atom. The van der Waals surface area contributed by atoms with E-state index in [2.05, 4.69) is 5.32 Å². The zero-order valence-electron chi connectivity index (χ0n) is 11.6. The van der Waals surface area contributed by atoms with Crippen molar-refractivity contribution in [3.63, 3.8) is 0 Å². The molecule has 0 saturated heterocycles. The van der Waals surface area contributed by atoms with Crippen LogP contribution in [-0.4, -0.2) is 58.5 Å². The predicted octanol–water partition coefficient (Wildman–Crippen LogP) is -3.26. The minimum Gasteiger partial charge on any atom is -0.481 e. The van der Waals surface area contributed by atoms with E-state index in [0.29, 0.717) is 0 Å². The van der Waals surface area contributed by atoms with E-state index in [1.807, 2.05) is 5.32 Å². The second kappa shape index (κ2) is 9.28. The predicted molar refractivity (Wildman–Crippen MR) is 71.2 cm³/mol. The first-order valence-corrected chi connectivity index (χ1v) is 6.20. The van der Waals surface area contributed by atoms with E-state index in [-0.39, 0.29) is 12.8 Å². The summed E-state index contributed by atoms with van der Waals surface area (Å²) < 4.78 is 0. The topological polar surface area (TPSA) is 202 Å². The van der Waals surface area contributed by atoms with Crippen LogP contribution in [0.1, 0.15) is 19.3 Å². The van der Waals surface area contributed by atoms with E-state index in [9.17, 15) is 24.0 Å². The summed E-state index contributed by atoms with van der Waals surface area (Å²) in [7, 11) is 0. The molecule has 8 N–H and O–H groups in total. The molecule has 0 spiro atoms. The highest BCUT2D eigenvalue weighted by atomic mass is 16.4. The lowest BCUT2D eigenvalue weighted by Gasteiger charge is -2.20. The number of aliphatic carboxylic acids is 2. The van der Waals surface area contributed by atoms with Gasteiger partial charge in [-0.15, -0.1) is 0 Å². The van der Waals surface area contributed by atoms with E-state index in [1.165, 1.54) is 0 Å². The van der Waals surface area contributed by atoms with Crippen LogP contribution in [0.25, 0.3) is 0 Å². The smallest absolute Gasteiger partial charge is 0.326 e. The van der Waals surface area contributed by atoms with Crippen LogP contribution in [0.3, 0.4) is 0 Å². The molecule has 0 heterocycles. The van der Waals surface area contributed by atoms with Gasteiger partial charge in [-0.1, -0.05) is 0 Å². The SMILES string of the molecule is NCC(=O)NC(CC(=O)O)C(=O)NC(CCC(N)=O)C(=O)O. The first kappa shape index (κ1) is 19.3. The summed E-state index contributed by atoms with van der Waals surface area (Å²) in [6.45, 7) is -0.465. The summed E-state index contributed by atoms with van der Waals surface area (Å²) in [4.78, 5) is 55.3. The maximum Gasteiger partial charge on any atom is 0.326 e. The van der Waals surface area contributed by atoms with Gasteiger partial charge in [-0.25, -0.2) is 4.79 Å². The van der Waals surface area contributed by atoms with Crippen LogP contribution in [0.4, 0.5) is 0 Å². The van der Waals surface area contributed by atoms with Gasteiger partial charge in [0.1, 0.15) is 12.1 Å². The number of carboxylic acids is 2. The molecule has 11 heteroatoms. The number of rotatable bonds is 10. The molecule has 0 fully saturated rings. The number of nitrogens with two attached hydrogens (primary N) is 2. The number of hydrogen-bond donors (Lipinski definition) is 6. The summed E-state index contributed by atoms with van der Waals surface area (Å²) >= 11 is 0. The van der Waals surface area contributed by atoms with Crippen molar-refractivity contribution in [2.45, 2.75) is 31.3 Å². The van der Waals surface area contributed by atoms with Crippen LogP contribution >= 0.6 is 0 Å². The fraction of sp³-hybridized carbons (Fsp3) is 0.545. The molecule has 0 saturated carbocycles. The summed E-state index contributed by atoms with van der Waals surface area (Å²) in [6, 6.07) is -2.92. The van der Waals surface area contributed by atoms with Crippen molar-refractivity contribution in [3.05, 3.63) is 0 Å². The molecule has 0 aliphatic carbocycles. The highest BCUT2D eigenvalue weighted by molar-refractivity contribution is 5.93. The minimum absolute atomic E-state index is 0.263. The molecule has 0 rings (SSSR count). The maximum absolute atomic E-state index is 11.9. The van der Waals surface area contributed by atoms with Crippen molar-refractivity contribution in [2.24, 2.45) is 11.5 Å². The van der Waals surface area contributed by atoms with Crippen molar-refractivity contribution in [3.8, 4) is 0 Å². The number of primary amides is 1. The molecule has 0 aromatic heterocycles. The van der Waals surface area contributed by atoms with Gasteiger partial charge in [0.15, 0.2) is 0 Å². The first-order chi connectivity index (χ1) is 10.2. The number of carbonyl (C=O) groups is 5. The standard InChI is InChI=1S/C11H18N4O7/c12-4-8(17)14-6(3-9(18)19)10(20)15-5(11(21)22)1-2-7(13)16/h5-6H,1-4,12H2,(H2,13,16)(H,14,17)(H,15,20)(H,18,19)(H,21,22). The molecule has 0 bridgehead atoms. The van der Waals surface area contributed by atoms with Crippen LogP contribution in [0.15, 0.2) is 0 Å². The maximum atomic E-state index is 11.9. The van der Waals surface area contributed by atoms with E-state index < -0.39 is 54.7 Å². The van der Waals surface area contributed by atoms with E-state index in [0.717, 1.165) is 0 Å². The molecular formula is C11H18N4O7. The Morgan fingerprint density at radius 1 is 1.00 bits per heavy atom. The van der Waals surface area contributed by atoms with Gasteiger partial charge in [-0.3, -0.25) is 19.2 Å². The van der Waals surface area contributed by atoms with Crippen molar-refractivity contribution < 1.29 is 34.2 Å². The Bertz CT molecular complexity index is 465. The third kappa shape index (κ3) is 7.79. The van der Waals surface area contributed by atoms with Crippen LogP contribution in [0.5, 0.6) is 0 Å². The van der Waals surface area contributed by atoms with Crippen LogP contribution in [-0.2, 0) is 24.0 Å². The molecule has 11 nitrogen and oxygen atoms in total. The van der Waals surface area contributed by atoms with Gasteiger partial charge in [0.05, 0.1) is 13.0 Å². The van der Waals surface area contributed by atoms with Crippen molar-refractivity contribution in [1.29, 1.82) is 0 Å². The third-order valence-corrected chi connectivity index (χ3v) is 2.51. The molecule has 124 valence electrons. The van der Waals surface area contributed by atoms with E-state index >= 15 is 0 Å². The van der Waals surface area contributed by atoms with Crippen LogP contribution in [0.2, 0.25) is 0 Å². The first-order valence-electron chi connectivity index (χ1n) is 6.20. The lowest BCUT2D eigenvalue weighted by molar-refractivity contribution is -0.143. The van der Waals surface area contributed by atoms with Gasteiger partial charge in [-0.05, 0) is 6.42 Å². The van der Waals surface area contributed by atoms with E-state index in [1.54, 1.807) is 0 Å². The van der Waals surface area contributed by atoms with Gasteiger partial charge in [0.2, 0.25) is 17.7 Å². The van der Waals surface area contributed by atoms with Gasteiger partial charge in [0, 0.05) is 6.42 Å². The Kier molecular flexibility index (Phi) is 8.15. The Morgan fingerprint density at radius 3 is 2.00 bits per heavy atom. The molecule has 3 amide bonds. The summed E-state index contributed by atoms with van der Waals surface area (Å²) in [5.41, 5.74) is 9.93. The normalized spacial score (nSPS) is 12.8. The molecule has 22 heavy (non-hydrogen) atoms. The average Bonchev–Trinajstić information content (AvgIpc) is 2.41. The minimum atomic E-state index is -1.48. The fourth-order valence-electron chi connectivity index (χ4n) is 1.45. The lowest BCUT2D eigenvalue weighted by atomic mass is 10.1. The Hall–Kier alpha value is -2.69. The number of nitrogens with one attached hydrogen (secondary N) is 2. The molecule has 2 unspecified atom stereocenters. The zero-order valence-corrected chi connectivity index (χ0v) is 11.6. The van der Waals surface area contributed by atoms with Gasteiger partial charge in [0.25, 0.3) is 0 Å². The molecule has 0 aromatic carbocycles. The molecule has 0 radical (unpaired) electrons. The summed E-state index contributed by atoms with van der Waals surface area (Å²) in [6.07, 6.45) is -1.29. The second-order valence-electron chi connectivity index (χ2n) is 4.33. The second-order valence-corrected chi connectivity index (χ2v) is 4.33. The quantitative estimate of drug-likeness (QED) is 0.241. The highest BCUT2D eigenvalue weighted by Gasteiger charge is 2.28. The van der Waals surface area contributed by atoms with E-state index in [4.69, 9.17) is 21.7 Å². The Labute approximate surface area is 125 Å². The van der Waals surface area contributed by atoms with Gasteiger partial charge in [-0.2, -0.15) is 0 Å². The molecule has 2 atom stereocenters. The van der Waals surface area contributed by atoms with Crippen molar-refractivity contribution in [2.75, 3.05) is 6.54 Å². The zero-order chi connectivity index (χ0) is 17.3. The van der Waals surface area contributed by atoms with Crippen LogP contribution in [0, 0.1) is 0 Å². The lowest BCUT2D eigenvalue weighted by Crippen LogP contribution is -2.53. The monoisotopic (exact) mass is 318 g/mol. The largest absolute Gasteiger partial charge is 0.481 e. The molecule has 0 aliphatic heterocycles. The molecule has 0 aromatic rings. The molecule has 0 aliphatic rings. The summed E-state index contributed by atoms with van der Waals surface area (Å²) in [5.74, 6) is -5.33. The van der Waals surface area contributed by atoms with Gasteiger partial charge >= 0.3 is 11.9 Å². The van der Waals surface area contributed by atoms with Crippen molar-refractivity contribution >= 4 is 29.7 Å². The molecular weight excluding hydrogens is 300 g/mol. The van der Waals surface area contributed by atoms with Crippen molar-refractivity contribution in [1.82, 2.24) is 10.6 Å². The fourth-order valence-corrected chi connectivity index (χ4v) is 1.45. The number of carboxylic acid groups (broad SMARTS) is 2. The third-order valence-electron chi connectivity index (χ3n) is 2.51. The van der Waals surface area contributed by atoms with Gasteiger partial charge < -0.3 is 32.3 Å². The summed E-state index contributed by atoms with van der Waals surface area (Å²) in [5, 5.41) is 21.7. The number of carbonyl (C=O) groups excluding carboxylic acids is 3. The van der Waals surface area contributed by atoms with Crippen LogP contribution < -0.4 is 22.1 Å². The Balaban J connectivity index is 4.86. The number of hydrogen-bond acceptors (Lipinski definition) is 6.